The van der Waals surface area contributed by atoms with Crippen LogP contribution in [0.1, 0.15) is 51.1 Å². The first kappa shape index (κ1) is 23.6. The van der Waals surface area contributed by atoms with Crippen LogP contribution in [0.25, 0.3) is 11.1 Å². The molecule has 3 aliphatic heterocycles. The Morgan fingerprint density at radius 3 is 2.57 bits per heavy atom. The Bertz CT molecular complexity index is 1280. The van der Waals surface area contributed by atoms with Crippen molar-refractivity contribution in [1.82, 2.24) is 24.1 Å². The SMILES string of the molecule is Cc1cn2cc(C3=CC(=O)N4C=C(N5CCN(C(C)C)C(C)C5)C=CC4=CCC3C)cc2c(C)n1. The molecule has 5 rings (SSSR count). The Balaban J connectivity index is 1.44. The fourth-order valence-corrected chi connectivity index (χ4v) is 5.74. The fraction of sp³-hybridized carbons (Fsp3) is 0.448. The van der Waals surface area contributed by atoms with E-state index in [0.29, 0.717) is 12.1 Å². The van der Waals surface area contributed by atoms with Gasteiger partial charge in [0.05, 0.1) is 22.6 Å². The van der Waals surface area contributed by atoms with Crippen molar-refractivity contribution in [2.75, 3.05) is 19.6 Å². The summed E-state index contributed by atoms with van der Waals surface area (Å²) in [5.74, 6) is 0.249. The Hall–Kier alpha value is -3.12. The molecular weight excluding hydrogens is 434 g/mol. The number of nitrogens with zero attached hydrogens (tertiary/aromatic N) is 5. The zero-order valence-corrected chi connectivity index (χ0v) is 21.8. The number of carbonyl (C=O) groups excluding carboxylic acids is 1. The molecule has 0 saturated carbocycles. The molecule has 1 fully saturated rings. The molecule has 2 aromatic rings. The number of rotatable bonds is 3. The van der Waals surface area contributed by atoms with Gasteiger partial charge in [-0.15, -0.1) is 0 Å². The molecule has 6 heteroatoms. The van der Waals surface area contributed by atoms with Crippen LogP contribution in [0.4, 0.5) is 0 Å². The van der Waals surface area contributed by atoms with Gasteiger partial charge in [0, 0.05) is 62.1 Å². The van der Waals surface area contributed by atoms with Crippen LogP contribution < -0.4 is 0 Å². The first-order valence-corrected chi connectivity index (χ1v) is 12.8. The second-order valence-electron chi connectivity index (χ2n) is 10.6. The number of hydrogen-bond acceptors (Lipinski definition) is 4. The van der Waals surface area contributed by atoms with Crippen molar-refractivity contribution in [2.45, 2.75) is 60.0 Å². The number of fused-ring (bicyclic) bond motifs is 2. The maximum atomic E-state index is 13.6. The number of aryl methyl sites for hydroxylation is 2. The van der Waals surface area contributed by atoms with Gasteiger partial charge < -0.3 is 9.30 Å². The lowest BCUT2D eigenvalue weighted by Gasteiger charge is -2.44. The zero-order chi connectivity index (χ0) is 24.9. The van der Waals surface area contributed by atoms with Crippen LogP contribution >= 0.6 is 0 Å². The number of hydrogen-bond donors (Lipinski definition) is 0. The molecule has 2 unspecified atom stereocenters. The minimum Gasteiger partial charge on any atom is -0.367 e. The van der Waals surface area contributed by atoms with E-state index in [1.54, 1.807) is 0 Å². The van der Waals surface area contributed by atoms with Gasteiger partial charge in [0.2, 0.25) is 0 Å². The predicted molar refractivity (Wildman–Crippen MR) is 141 cm³/mol. The molecule has 1 saturated heterocycles. The van der Waals surface area contributed by atoms with E-state index in [1.165, 1.54) is 0 Å². The van der Waals surface area contributed by atoms with Gasteiger partial charge in [0.25, 0.3) is 5.91 Å². The highest BCUT2D eigenvalue weighted by Crippen LogP contribution is 2.33. The molecule has 2 atom stereocenters. The summed E-state index contributed by atoms with van der Waals surface area (Å²) in [7, 11) is 0. The lowest BCUT2D eigenvalue weighted by Crippen LogP contribution is -2.53. The van der Waals surface area contributed by atoms with Crippen molar-refractivity contribution >= 4 is 17.0 Å². The highest BCUT2D eigenvalue weighted by Gasteiger charge is 2.29. The predicted octanol–water partition coefficient (Wildman–Crippen LogP) is 4.91. The molecule has 0 radical (unpaired) electrons. The standard InChI is InChI=1S/C29H37N5O/c1-19(2)33-12-11-31(16-22(33)5)26-10-9-25-8-7-20(3)27(14-29(35)34(25)18-26)24-13-28-23(6)30-21(4)15-32(28)17-24/h8-10,13-15,17-20,22H,7,11-12,16H2,1-6H3. The Labute approximate surface area is 208 Å². The van der Waals surface area contributed by atoms with E-state index in [-0.39, 0.29) is 11.8 Å². The van der Waals surface area contributed by atoms with Crippen molar-refractivity contribution < 1.29 is 4.79 Å². The quantitative estimate of drug-likeness (QED) is 0.638. The van der Waals surface area contributed by atoms with Crippen LogP contribution in [-0.2, 0) is 4.79 Å². The average Bonchev–Trinajstić information content (AvgIpc) is 3.23. The third-order valence-electron chi connectivity index (χ3n) is 7.62. The first-order valence-electron chi connectivity index (χ1n) is 12.8. The number of aromatic nitrogens is 2. The van der Waals surface area contributed by atoms with E-state index in [0.717, 1.165) is 65.5 Å². The van der Waals surface area contributed by atoms with E-state index < -0.39 is 0 Å². The third kappa shape index (κ3) is 4.47. The van der Waals surface area contributed by atoms with Crippen molar-refractivity contribution in [3.8, 4) is 0 Å². The summed E-state index contributed by atoms with van der Waals surface area (Å²) in [6.07, 6.45) is 15.4. The zero-order valence-electron chi connectivity index (χ0n) is 21.8. The van der Waals surface area contributed by atoms with E-state index in [4.69, 9.17) is 0 Å². The summed E-state index contributed by atoms with van der Waals surface area (Å²) >= 11 is 0. The molecule has 2 aromatic heterocycles. The van der Waals surface area contributed by atoms with Crippen LogP contribution in [0.5, 0.6) is 0 Å². The first-order chi connectivity index (χ1) is 16.7. The second-order valence-corrected chi connectivity index (χ2v) is 10.6. The van der Waals surface area contributed by atoms with Crippen LogP contribution in [0.15, 0.2) is 60.4 Å². The van der Waals surface area contributed by atoms with Gasteiger partial charge in [-0.25, -0.2) is 0 Å². The highest BCUT2D eigenvalue weighted by atomic mass is 16.2. The third-order valence-corrected chi connectivity index (χ3v) is 7.62. The van der Waals surface area contributed by atoms with Gasteiger partial charge in [-0.05, 0) is 76.3 Å². The monoisotopic (exact) mass is 471 g/mol. The average molecular weight is 472 g/mol. The lowest BCUT2D eigenvalue weighted by molar-refractivity contribution is -0.122. The largest absolute Gasteiger partial charge is 0.367 e. The molecule has 0 spiro atoms. The van der Waals surface area contributed by atoms with Gasteiger partial charge >= 0.3 is 0 Å². The van der Waals surface area contributed by atoms with Crippen LogP contribution in [0, 0.1) is 19.8 Å². The summed E-state index contributed by atoms with van der Waals surface area (Å²) in [5, 5.41) is 0. The molecule has 35 heavy (non-hydrogen) atoms. The topological polar surface area (TPSA) is 44.1 Å². The molecule has 0 aromatic carbocycles. The summed E-state index contributed by atoms with van der Waals surface area (Å²) in [6, 6.07) is 3.20. The van der Waals surface area contributed by atoms with Gasteiger partial charge in [-0.3, -0.25) is 19.6 Å². The van der Waals surface area contributed by atoms with E-state index in [2.05, 4.69) is 77.4 Å². The Morgan fingerprint density at radius 1 is 1.06 bits per heavy atom. The molecule has 5 heterocycles. The summed E-state index contributed by atoms with van der Waals surface area (Å²) in [6.45, 7) is 16.1. The molecular formula is C29H37N5O. The van der Waals surface area contributed by atoms with Gasteiger partial charge in [0.1, 0.15) is 0 Å². The fourth-order valence-electron chi connectivity index (χ4n) is 5.74. The highest BCUT2D eigenvalue weighted by molar-refractivity contribution is 5.98. The molecule has 6 nitrogen and oxygen atoms in total. The molecule has 1 amide bonds. The van der Waals surface area contributed by atoms with Crippen molar-refractivity contribution in [2.24, 2.45) is 5.92 Å². The smallest absolute Gasteiger partial charge is 0.255 e. The molecule has 0 bridgehead atoms. The van der Waals surface area contributed by atoms with Crippen molar-refractivity contribution in [3.63, 3.8) is 0 Å². The van der Waals surface area contributed by atoms with Crippen molar-refractivity contribution in [3.05, 3.63) is 77.3 Å². The molecule has 184 valence electrons. The van der Waals surface area contributed by atoms with Gasteiger partial charge in [-0.2, -0.15) is 0 Å². The maximum Gasteiger partial charge on any atom is 0.255 e. The van der Waals surface area contributed by atoms with Gasteiger partial charge in [0.15, 0.2) is 0 Å². The molecule has 0 N–H and O–H groups in total. The van der Waals surface area contributed by atoms with Crippen LogP contribution in [0.3, 0.4) is 0 Å². The number of carbonyl (C=O) groups is 1. The lowest BCUT2D eigenvalue weighted by atomic mass is 9.90. The van der Waals surface area contributed by atoms with Gasteiger partial charge in [-0.1, -0.05) is 13.0 Å². The summed E-state index contributed by atoms with van der Waals surface area (Å²) < 4.78 is 2.13. The second kappa shape index (κ2) is 9.15. The minimum absolute atomic E-state index is 0.00907. The summed E-state index contributed by atoms with van der Waals surface area (Å²) in [5.41, 5.74) is 7.32. The number of piperazine rings is 1. The maximum absolute atomic E-state index is 13.6. The minimum atomic E-state index is 0.00907. The van der Waals surface area contributed by atoms with Crippen molar-refractivity contribution in [1.29, 1.82) is 0 Å². The van der Waals surface area contributed by atoms with E-state index in [9.17, 15) is 4.79 Å². The Kier molecular flexibility index (Phi) is 6.18. The van der Waals surface area contributed by atoms with Crippen LogP contribution in [-0.4, -0.2) is 61.7 Å². The number of allylic oxidation sites excluding steroid dienone is 4. The Morgan fingerprint density at radius 2 is 1.83 bits per heavy atom. The normalized spacial score (nSPS) is 23.7. The molecule has 0 aliphatic carbocycles. The van der Waals surface area contributed by atoms with E-state index >= 15 is 0 Å². The van der Waals surface area contributed by atoms with E-state index in [1.807, 2.05) is 37.2 Å². The summed E-state index contributed by atoms with van der Waals surface area (Å²) in [4.78, 5) is 25.0. The van der Waals surface area contributed by atoms with Crippen LogP contribution in [0.2, 0.25) is 0 Å². The number of amides is 1. The molecule has 3 aliphatic rings.